The van der Waals surface area contributed by atoms with Crippen molar-refractivity contribution in [2.75, 3.05) is 5.32 Å². The molecule has 34 heavy (non-hydrogen) atoms. The van der Waals surface area contributed by atoms with E-state index in [0.717, 1.165) is 5.56 Å². The van der Waals surface area contributed by atoms with Gasteiger partial charge in [-0.25, -0.2) is 4.68 Å². The van der Waals surface area contributed by atoms with Gasteiger partial charge in [-0.05, 0) is 42.8 Å². The Hall–Kier alpha value is -3.95. The van der Waals surface area contributed by atoms with Gasteiger partial charge in [0.05, 0.1) is 24.0 Å². The SMILES string of the molecule is Cc1cc(NC(=O)Cc2ccc(Cl)cc2)n(-c2nc3c(cnn3-c3cccc(Cl)c3)c(=O)[nH]2)n1. The van der Waals surface area contributed by atoms with Crippen molar-refractivity contribution in [3.8, 4) is 11.6 Å². The van der Waals surface area contributed by atoms with E-state index in [-0.39, 0.29) is 23.8 Å². The van der Waals surface area contributed by atoms with Crippen LogP contribution in [0.2, 0.25) is 10.0 Å². The molecule has 0 aliphatic heterocycles. The molecule has 0 saturated heterocycles. The summed E-state index contributed by atoms with van der Waals surface area (Å²) in [4.78, 5) is 32.7. The fourth-order valence-corrected chi connectivity index (χ4v) is 3.84. The highest BCUT2D eigenvalue weighted by Crippen LogP contribution is 2.20. The lowest BCUT2D eigenvalue weighted by molar-refractivity contribution is -0.115. The number of benzene rings is 2. The first-order chi connectivity index (χ1) is 16.4. The second kappa shape index (κ2) is 8.77. The quantitative estimate of drug-likeness (QED) is 0.383. The van der Waals surface area contributed by atoms with Crippen molar-refractivity contribution >= 4 is 46.0 Å². The maximum atomic E-state index is 12.8. The number of halogens is 2. The largest absolute Gasteiger partial charge is 0.310 e. The Balaban J connectivity index is 1.52. The van der Waals surface area contributed by atoms with E-state index in [9.17, 15) is 9.59 Å². The molecule has 0 unspecified atom stereocenters. The number of aromatic amines is 1. The average molecular weight is 494 g/mol. The summed E-state index contributed by atoms with van der Waals surface area (Å²) in [5.74, 6) is 0.250. The molecule has 5 aromatic rings. The maximum Gasteiger partial charge on any atom is 0.263 e. The minimum absolute atomic E-state index is 0.135. The number of hydrogen-bond acceptors (Lipinski definition) is 5. The molecule has 9 nitrogen and oxygen atoms in total. The van der Waals surface area contributed by atoms with Crippen molar-refractivity contribution in [1.82, 2.24) is 29.5 Å². The van der Waals surface area contributed by atoms with Crippen LogP contribution in [-0.4, -0.2) is 35.4 Å². The molecule has 0 atom stereocenters. The van der Waals surface area contributed by atoms with Crippen LogP contribution >= 0.6 is 23.2 Å². The summed E-state index contributed by atoms with van der Waals surface area (Å²) < 4.78 is 2.90. The molecule has 0 bridgehead atoms. The van der Waals surface area contributed by atoms with E-state index in [4.69, 9.17) is 23.2 Å². The monoisotopic (exact) mass is 493 g/mol. The third-order valence-electron chi connectivity index (χ3n) is 5.06. The number of carbonyl (C=O) groups is 1. The van der Waals surface area contributed by atoms with Gasteiger partial charge in [-0.1, -0.05) is 41.4 Å². The van der Waals surface area contributed by atoms with Gasteiger partial charge in [0, 0.05) is 16.1 Å². The minimum Gasteiger partial charge on any atom is -0.310 e. The summed E-state index contributed by atoms with van der Waals surface area (Å²) in [6.07, 6.45) is 1.58. The number of aryl methyl sites for hydroxylation is 1. The number of fused-ring (bicyclic) bond motifs is 1. The fourth-order valence-electron chi connectivity index (χ4n) is 3.53. The van der Waals surface area contributed by atoms with Crippen LogP contribution in [0.25, 0.3) is 22.7 Å². The molecular weight excluding hydrogens is 477 g/mol. The van der Waals surface area contributed by atoms with E-state index < -0.39 is 0 Å². The van der Waals surface area contributed by atoms with E-state index in [1.807, 2.05) is 0 Å². The number of nitrogens with zero attached hydrogens (tertiary/aromatic N) is 5. The smallest absolute Gasteiger partial charge is 0.263 e. The summed E-state index contributed by atoms with van der Waals surface area (Å²) >= 11 is 12.0. The van der Waals surface area contributed by atoms with E-state index in [0.29, 0.717) is 38.3 Å². The van der Waals surface area contributed by atoms with Crippen molar-refractivity contribution in [2.45, 2.75) is 13.3 Å². The van der Waals surface area contributed by atoms with Crippen LogP contribution in [0.15, 0.2) is 65.6 Å². The number of nitrogens with one attached hydrogen (secondary N) is 2. The average Bonchev–Trinajstić information content (AvgIpc) is 3.39. The maximum absolute atomic E-state index is 12.8. The molecule has 0 aliphatic rings. The molecule has 0 aliphatic carbocycles. The first kappa shape index (κ1) is 21.9. The standard InChI is InChI=1S/C23H17Cl2N7O2/c1-13-9-19(27-20(33)10-14-5-7-15(24)8-6-14)32(30-13)23-28-21-18(22(34)29-23)12-26-31(21)17-4-2-3-16(25)11-17/h2-9,11-12H,10H2,1H3,(H,27,33)(H,28,29,34). The highest BCUT2D eigenvalue weighted by Gasteiger charge is 2.17. The van der Waals surface area contributed by atoms with Gasteiger partial charge < -0.3 is 5.32 Å². The number of amides is 1. The van der Waals surface area contributed by atoms with Gasteiger partial charge in [0.15, 0.2) is 5.65 Å². The van der Waals surface area contributed by atoms with Crippen molar-refractivity contribution in [3.05, 3.63) is 92.5 Å². The van der Waals surface area contributed by atoms with E-state index >= 15 is 0 Å². The predicted octanol–water partition coefficient (Wildman–Crippen LogP) is 4.09. The Kier molecular flexibility index (Phi) is 5.64. The Bertz CT molecular complexity index is 1590. The number of H-pyrrole nitrogens is 1. The molecule has 5 rings (SSSR count). The number of hydrogen-bond donors (Lipinski definition) is 2. The molecular formula is C23H17Cl2N7O2. The van der Waals surface area contributed by atoms with Gasteiger partial charge in [-0.3, -0.25) is 14.6 Å². The number of anilines is 1. The first-order valence-electron chi connectivity index (χ1n) is 10.2. The Morgan fingerprint density at radius 1 is 1.06 bits per heavy atom. The molecule has 3 aromatic heterocycles. The van der Waals surface area contributed by atoms with Crippen LogP contribution in [0.1, 0.15) is 11.3 Å². The minimum atomic E-state index is -0.389. The van der Waals surface area contributed by atoms with Crippen molar-refractivity contribution in [2.24, 2.45) is 0 Å². The lowest BCUT2D eigenvalue weighted by Crippen LogP contribution is -2.20. The Morgan fingerprint density at radius 2 is 1.85 bits per heavy atom. The van der Waals surface area contributed by atoms with Gasteiger partial charge in [-0.15, -0.1) is 0 Å². The van der Waals surface area contributed by atoms with Crippen LogP contribution < -0.4 is 10.9 Å². The van der Waals surface area contributed by atoms with Gasteiger partial charge in [0.2, 0.25) is 11.9 Å². The number of rotatable bonds is 5. The van der Waals surface area contributed by atoms with Gasteiger partial charge in [0.1, 0.15) is 11.2 Å². The first-order valence-corrected chi connectivity index (χ1v) is 11.0. The Morgan fingerprint density at radius 3 is 2.62 bits per heavy atom. The highest BCUT2D eigenvalue weighted by atomic mass is 35.5. The molecule has 0 spiro atoms. The van der Waals surface area contributed by atoms with Crippen LogP contribution in [0.3, 0.4) is 0 Å². The van der Waals surface area contributed by atoms with E-state index in [1.54, 1.807) is 61.5 Å². The van der Waals surface area contributed by atoms with Gasteiger partial charge in [0.25, 0.3) is 5.56 Å². The zero-order valence-corrected chi connectivity index (χ0v) is 19.3. The fraction of sp³-hybridized carbons (Fsp3) is 0.0870. The summed E-state index contributed by atoms with van der Waals surface area (Å²) in [5.41, 5.74) is 2.03. The van der Waals surface area contributed by atoms with E-state index in [1.165, 1.54) is 15.6 Å². The summed E-state index contributed by atoms with van der Waals surface area (Å²) in [7, 11) is 0. The normalized spacial score (nSPS) is 11.1. The van der Waals surface area contributed by atoms with E-state index in [2.05, 4.69) is 25.5 Å². The van der Waals surface area contributed by atoms with Crippen molar-refractivity contribution < 1.29 is 4.79 Å². The zero-order valence-electron chi connectivity index (χ0n) is 17.8. The summed E-state index contributed by atoms with van der Waals surface area (Å²) in [6.45, 7) is 1.78. The van der Waals surface area contributed by atoms with Gasteiger partial charge in [-0.2, -0.15) is 19.9 Å². The lowest BCUT2D eigenvalue weighted by Gasteiger charge is -2.09. The number of carbonyl (C=O) groups excluding carboxylic acids is 1. The third-order valence-corrected chi connectivity index (χ3v) is 5.54. The predicted molar refractivity (Wildman–Crippen MR) is 130 cm³/mol. The van der Waals surface area contributed by atoms with Crippen LogP contribution in [0.4, 0.5) is 5.82 Å². The van der Waals surface area contributed by atoms with Crippen LogP contribution in [0, 0.1) is 6.92 Å². The molecule has 0 radical (unpaired) electrons. The molecule has 2 N–H and O–H groups in total. The molecule has 0 saturated carbocycles. The van der Waals surface area contributed by atoms with Crippen LogP contribution in [-0.2, 0) is 11.2 Å². The topological polar surface area (TPSA) is 110 Å². The number of aromatic nitrogens is 6. The molecule has 11 heteroatoms. The second-order valence-corrected chi connectivity index (χ2v) is 8.47. The molecule has 170 valence electrons. The molecule has 0 fully saturated rings. The van der Waals surface area contributed by atoms with Crippen LogP contribution in [0.5, 0.6) is 0 Å². The molecule has 2 aromatic carbocycles. The zero-order chi connectivity index (χ0) is 23.8. The third kappa shape index (κ3) is 4.30. The van der Waals surface area contributed by atoms with Crippen molar-refractivity contribution in [3.63, 3.8) is 0 Å². The van der Waals surface area contributed by atoms with Crippen molar-refractivity contribution in [1.29, 1.82) is 0 Å². The summed E-state index contributed by atoms with van der Waals surface area (Å²) in [6, 6.07) is 15.8. The Labute approximate surface area is 203 Å². The lowest BCUT2D eigenvalue weighted by atomic mass is 10.1. The second-order valence-electron chi connectivity index (χ2n) is 7.60. The molecule has 3 heterocycles. The van der Waals surface area contributed by atoms with Gasteiger partial charge >= 0.3 is 0 Å². The summed E-state index contributed by atoms with van der Waals surface area (Å²) in [5, 5.41) is 13.0. The molecule has 1 amide bonds. The highest BCUT2D eigenvalue weighted by molar-refractivity contribution is 6.31.